The minimum atomic E-state index is -0.212. The Morgan fingerprint density at radius 2 is 1.71 bits per heavy atom. The predicted octanol–water partition coefficient (Wildman–Crippen LogP) is 2.47. The molecule has 2 rings (SSSR count). The molecule has 0 saturated carbocycles. The largest absolute Gasteiger partial charge is 0.496 e. The third kappa shape index (κ3) is 4.84. The molecule has 0 atom stereocenters. The number of nitrogens with zero attached hydrogens (tertiary/aromatic N) is 1. The third-order valence-corrected chi connectivity index (χ3v) is 3.68. The fourth-order valence-corrected chi connectivity index (χ4v) is 2.38. The van der Waals surface area contributed by atoms with Crippen LogP contribution in [-0.2, 0) is 11.3 Å². The number of carbonyl (C=O) groups excluding carboxylic acids is 2. The Kier molecular flexibility index (Phi) is 6.37. The standard InChI is InChI=1S/C19H22N2O3/c1-15(22)21(14-16-8-4-3-5-9-16)13-12-20-19(23)17-10-6-7-11-18(17)24-2/h3-11H,12-14H2,1-2H3,(H,20,23). The Bertz CT molecular complexity index is 686. The van der Waals surface area contributed by atoms with Gasteiger partial charge in [-0.1, -0.05) is 42.5 Å². The molecule has 0 aromatic heterocycles. The molecule has 2 amide bonds. The molecule has 0 aliphatic carbocycles. The van der Waals surface area contributed by atoms with Crippen LogP contribution in [0.25, 0.3) is 0 Å². The van der Waals surface area contributed by atoms with Gasteiger partial charge in [0.25, 0.3) is 5.91 Å². The van der Waals surface area contributed by atoms with E-state index in [9.17, 15) is 9.59 Å². The maximum Gasteiger partial charge on any atom is 0.255 e. The third-order valence-electron chi connectivity index (χ3n) is 3.68. The molecule has 0 saturated heterocycles. The molecule has 0 radical (unpaired) electrons. The lowest BCUT2D eigenvalue weighted by molar-refractivity contribution is -0.129. The van der Waals surface area contributed by atoms with Crippen LogP contribution in [0.4, 0.5) is 0 Å². The van der Waals surface area contributed by atoms with Crippen molar-refractivity contribution in [2.45, 2.75) is 13.5 Å². The Labute approximate surface area is 142 Å². The first-order chi connectivity index (χ1) is 11.6. The van der Waals surface area contributed by atoms with Gasteiger partial charge in [0.15, 0.2) is 0 Å². The summed E-state index contributed by atoms with van der Waals surface area (Å²) < 4.78 is 5.19. The van der Waals surface area contributed by atoms with Crippen LogP contribution >= 0.6 is 0 Å². The van der Waals surface area contributed by atoms with E-state index in [1.807, 2.05) is 36.4 Å². The zero-order chi connectivity index (χ0) is 17.4. The van der Waals surface area contributed by atoms with Crippen LogP contribution in [0.15, 0.2) is 54.6 Å². The summed E-state index contributed by atoms with van der Waals surface area (Å²) in [4.78, 5) is 25.7. The first-order valence-electron chi connectivity index (χ1n) is 7.82. The summed E-state index contributed by atoms with van der Waals surface area (Å²) in [5, 5.41) is 2.83. The molecule has 0 fully saturated rings. The fraction of sp³-hybridized carbons (Fsp3) is 0.263. The van der Waals surface area contributed by atoms with Crippen molar-refractivity contribution < 1.29 is 14.3 Å². The first kappa shape index (κ1) is 17.5. The molecule has 0 heterocycles. The number of benzene rings is 2. The molecule has 24 heavy (non-hydrogen) atoms. The maximum absolute atomic E-state index is 12.2. The van der Waals surface area contributed by atoms with E-state index in [1.54, 1.807) is 23.1 Å². The van der Waals surface area contributed by atoms with Crippen molar-refractivity contribution in [2.24, 2.45) is 0 Å². The summed E-state index contributed by atoms with van der Waals surface area (Å²) >= 11 is 0. The number of ether oxygens (including phenoxy) is 1. The van der Waals surface area contributed by atoms with Crippen molar-refractivity contribution in [2.75, 3.05) is 20.2 Å². The Morgan fingerprint density at radius 1 is 1.04 bits per heavy atom. The van der Waals surface area contributed by atoms with Crippen LogP contribution in [0.5, 0.6) is 5.75 Å². The van der Waals surface area contributed by atoms with Gasteiger partial charge in [0.05, 0.1) is 12.7 Å². The predicted molar refractivity (Wildman–Crippen MR) is 92.9 cm³/mol. The van der Waals surface area contributed by atoms with Crippen molar-refractivity contribution >= 4 is 11.8 Å². The van der Waals surface area contributed by atoms with Gasteiger partial charge in [0.1, 0.15) is 5.75 Å². The zero-order valence-electron chi connectivity index (χ0n) is 14.0. The lowest BCUT2D eigenvalue weighted by Gasteiger charge is -2.21. The molecule has 5 heteroatoms. The molecule has 0 aliphatic rings. The first-order valence-corrected chi connectivity index (χ1v) is 7.82. The van der Waals surface area contributed by atoms with Gasteiger partial charge in [-0.3, -0.25) is 9.59 Å². The summed E-state index contributed by atoms with van der Waals surface area (Å²) in [5.74, 6) is 0.295. The van der Waals surface area contributed by atoms with Crippen LogP contribution in [0, 0.1) is 0 Å². The van der Waals surface area contributed by atoms with Crippen LogP contribution in [0.3, 0.4) is 0 Å². The summed E-state index contributed by atoms with van der Waals surface area (Å²) in [6.07, 6.45) is 0. The average molecular weight is 326 g/mol. The van der Waals surface area contributed by atoms with Crippen LogP contribution in [0.1, 0.15) is 22.8 Å². The molecule has 1 N–H and O–H groups in total. The van der Waals surface area contributed by atoms with Crippen LogP contribution < -0.4 is 10.1 Å². The van der Waals surface area contributed by atoms with Crippen LogP contribution in [-0.4, -0.2) is 36.9 Å². The van der Waals surface area contributed by atoms with Gasteiger partial charge < -0.3 is 15.0 Å². The van der Waals surface area contributed by atoms with E-state index in [1.165, 1.54) is 14.0 Å². The zero-order valence-corrected chi connectivity index (χ0v) is 14.0. The normalized spacial score (nSPS) is 10.1. The lowest BCUT2D eigenvalue weighted by Crippen LogP contribution is -2.37. The van der Waals surface area contributed by atoms with E-state index < -0.39 is 0 Å². The fourth-order valence-electron chi connectivity index (χ4n) is 2.38. The quantitative estimate of drug-likeness (QED) is 0.850. The topological polar surface area (TPSA) is 58.6 Å². The Morgan fingerprint density at radius 3 is 2.38 bits per heavy atom. The second kappa shape index (κ2) is 8.72. The number of amides is 2. The van der Waals surface area contributed by atoms with Gasteiger partial charge in [0.2, 0.25) is 5.91 Å². The number of hydrogen-bond donors (Lipinski definition) is 1. The summed E-state index contributed by atoms with van der Waals surface area (Å²) in [6, 6.07) is 16.8. The van der Waals surface area contributed by atoms with Gasteiger partial charge in [-0.05, 0) is 17.7 Å². The number of para-hydroxylation sites is 1. The summed E-state index contributed by atoms with van der Waals surface area (Å²) in [5.41, 5.74) is 1.54. The van der Waals surface area contributed by atoms with Gasteiger partial charge in [-0.2, -0.15) is 0 Å². The highest BCUT2D eigenvalue weighted by Crippen LogP contribution is 2.16. The second-order valence-corrected chi connectivity index (χ2v) is 5.38. The smallest absolute Gasteiger partial charge is 0.255 e. The molecule has 5 nitrogen and oxygen atoms in total. The number of nitrogens with one attached hydrogen (secondary N) is 1. The van der Waals surface area contributed by atoms with E-state index in [2.05, 4.69) is 5.32 Å². The molecule has 2 aromatic rings. The van der Waals surface area contributed by atoms with E-state index >= 15 is 0 Å². The Hall–Kier alpha value is -2.82. The highest BCUT2D eigenvalue weighted by molar-refractivity contribution is 5.96. The highest BCUT2D eigenvalue weighted by atomic mass is 16.5. The molecule has 0 bridgehead atoms. The minimum Gasteiger partial charge on any atom is -0.496 e. The van der Waals surface area contributed by atoms with Crippen molar-refractivity contribution in [1.29, 1.82) is 0 Å². The van der Waals surface area contributed by atoms with Crippen molar-refractivity contribution in [1.82, 2.24) is 10.2 Å². The van der Waals surface area contributed by atoms with Gasteiger partial charge >= 0.3 is 0 Å². The van der Waals surface area contributed by atoms with Gasteiger partial charge in [-0.25, -0.2) is 0 Å². The van der Waals surface area contributed by atoms with Crippen molar-refractivity contribution in [3.8, 4) is 5.75 Å². The molecular formula is C19H22N2O3. The SMILES string of the molecule is COc1ccccc1C(=O)NCCN(Cc1ccccc1)C(C)=O. The molecule has 0 unspecified atom stereocenters. The van der Waals surface area contributed by atoms with E-state index in [-0.39, 0.29) is 11.8 Å². The lowest BCUT2D eigenvalue weighted by atomic mass is 10.2. The molecule has 126 valence electrons. The van der Waals surface area contributed by atoms with Crippen LogP contribution in [0.2, 0.25) is 0 Å². The monoisotopic (exact) mass is 326 g/mol. The van der Waals surface area contributed by atoms with E-state index in [0.29, 0.717) is 30.9 Å². The maximum atomic E-state index is 12.2. The average Bonchev–Trinajstić information content (AvgIpc) is 2.61. The summed E-state index contributed by atoms with van der Waals surface area (Å²) in [6.45, 7) is 2.89. The second-order valence-electron chi connectivity index (χ2n) is 5.38. The highest BCUT2D eigenvalue weighted by Gasteiger charge is 2.13. The molecule has 0 aliphatic heterocycles. The van der Waals surface area contributed by atoms with E-state index in [0.717, 1.165) is 5.56 Å². The number of hydrogen-bond acceptors (Lipinski definition) is 3. The number of methoxy groups -OCH3 is 1. The van der Waals surface area contributed by atoms with E-state index in [4.69, 9.17) is 4.74 Å². The molecular weight excluding hydrogens is 304 g/mol. The minimum absolute atomic E-state index is 0.0228. The number of rotatable bonds is 7. The summed E-state index contributed by atoms with van der Waals surface area (Å²) in [7, 11) is 1.53. The Balaban J connectivity index is 1.91. The molecule has 0 spiro atoms. The van der Waals surface area contributed by atoms with Gasteiger partial charge in [-0.15, -0.1) is 0 Å². The van der Waals surface area contributed by atoms with Crippen molar-refractivity contribution in [3.05, 3.63) is 65.7 Å². The van der Waals surface area contributed by atoms with Crippen molar-refractivity contribution in [3.63, 3.8) is 0 Å². The number of carbonyl (C=O) groups is 2. The molecule has 2 aromatic carbocycles. The van der Waals surface area contributed by atoms with Gasteiger partial charge in [0, 0.05) is 26.6 Å².